The summed E-state index contributed by atoms with van der Waals surface area (Å²) in [6, 6.07) is 15.9. The van der Waals surface area contributed by atoms with Gasteiger partial charge in [0, 0.05) is 30.1 Å². The summed E-state index contributed by atoms with van der Waals surface area (Å²) in [6.07, 6.45) is 1.58. The van der Waals surface area contributed by atoms with Crippen LogP contribution in [0.5, 0.6) is 17.2 Å². The van der Waals surface area contributed by atoms with Gasteiger partial charge in [-0.05, 0) is 42.0 Å². The van der Waals surface area contributed by atoms with Crippen molar-refractivity contribution in [3.05, 3.63) is 66.4 Å². The molecule has 0 fully saturated rings. The number of rotatable bonds is 7. The maximum absolute atomic E-state index is 13.2. The summed E-state index contributed by atoms with van der Waals surface area (Å²) in [6.45, 7) is -0.228. The molecule has 1 aliphatic heterocycles. The summed E-state index contributed by atoms with van der Waals surface area (Å²) < 4.78 is 15.7. The molecule has 0 aliphatic carbocycles. The molecule has 2 aromatic carbocycles. The van der Waals surface area contributed by atoms with E-state index in [2.05, 4.69) is 15.3 Å². The van der Waals surface area contributed by atoms with Gasteiger partial charge in [0.1, 0.15) is 29.5 Å². The van der Waals surface area contributed by atoms with Crippen LogP contribution < -0.4 is 24.4 Å². The average Bonchev–Trinajstić information content (AvgIpc) is 3.00. The minimum Gasteiger partial charge on any atom is -0.497 e. The molecule has 0 atom stereocenters. The van der Waals surface area contributed by atoms with Gasteiger partial charge in [0.15, 0.2) is 5.82 Å². The van der Waals surface area contributed by atoms with Crippen molar-refractivity contribution >= 4 is 34.7 Å². The molecule has 9 nitrogen and oxygen atoms in total. The lowest BCUT2D eigenvalue weighted by Gasteiger charge is -2.21. The molecule has 0 saturated heterocycles. The second-order valence-electron chi connectivity index (χ2n) is 7.44. The lowest BCUT2D eigenvalue weighted by Crippen LogP contribution is -2.39. The predicted molar refractivity (Wildman–Crippen MR) is 129 cm³/mol. The molecule has 0 saturated carbocycles. The van der Waals surface area contributed by atoms with Crippen molar-refractivity contribution in [1.82, 2.24) is 4.98 Å². The zero-order chi connectivity index (χ0) is 24.1. The first-order valence-corrected chi connectivity index (χ1v) is 10.5. The highest BCUT2D eigenvalue weighted by atomic mass is 16.5. The molecule has 3 aromatic rings. The van der Waals surface area contributed by atoms with E-state index in [0.29, 0.717) is 40.2 Å². The molecule has 9 heteroatoms. The summed E-state index contributed by atoms with van der Waals surface area (Å²) in [5, 5.41) is 2.79. The monoisotopic (exact) mass is 460 g/mol. The molecule has 2 heterocycles. The van der Waals surface area contributed by atoms with Gasteiger partial charge in [0.05, 0.1) is 33.5 Å². The lowest BCUT2D eigenvalue weighted by molar-refractivity contribution is -0.120. The molecule has 0 unspecified atom stereocenters. The van der Waals surface area contributed by atoms with Crippen molar-refractivity contribution < 1.29 is 23.8 Å². The van der Waals surface area contributed by atoms with Crippen molar-refractivity contribution in [1.29, 1.82) is 0 Å². The molecular formula is C25H24N4O5. The number of nitrogens with zero attached hydrogens (tertiary/aromatic N) is 3. The van der Waals surface area contributed by atoms with Gasteiger partial charge in [0.25, 0.3) is 0 Å². The molecule has 1 N–H and O–H groups in total. The van der Waals surface area contributed by atoms with E-state index in [0.717, 1.165) is 5.56 Å². The highest BCUT2D eigenvalue weighted by Gasteiger charge is 2.28. The van der Waals surface area contributed by atoms with Gasteiger partial charge < -0.3 is 19.5 Å². The van der Waals surface area contributed by atoms with Gasteiger partial charge in [0.2, 0.25) is 11.8 Å². The van der Waals surface area contributed by atoms with Gasteiger partial charge in [-0.15, -0.1) is 0 Å². The third-order valence-corrected chi connectivity index (χ3v) is 5.26. The first-order valence-electron chi connectivity index (χ1n) is 10.5. The Balaban J connectivity index is 1.58. The smallest absolute Gasteiger partial charge is 0.244 e. The van der Waals surface area contributed by atoms with E-state index in [1.165, 1.54) is 19.1 Å². The molecule has 2 amide bonds. The third-order valence-electron chi connectivity index (χ3n) is 5.26. The van der Waals surface area contributed by atoms with Gasteiger partial charge in [-0.1, -0.05) is 0 Å². The van der Waals surface area contributed by atoms with E-state index in [9.17, 15) is 9.59 Å². The van der Waals surface area contributed by atoms with Crippen LogP contribution in [0.4, 0.5) is 17.2 Å². The SMILES string of the molecule is COc1ccc(C2=Nc3cccnc3N(CC(=O)Nc3cc(OC)cc(OC)c3)C(=O)C2)cc1. The number of ether oxygens (including phenoxy) is 3. The number of aromatic nitrogens is 1. The van der Waals surface area contributed by atoms with E-state index in [-0.39, 0.29) is 18.9 Å². The van der Waals surface area contributed by atoms with Gasteiger partial charge >= 0.3 is 0 Å². The quantitative estimate of drug-likeness (QED) is 0.578. The summed E-state index contributed by atoms with van der Waals surface area (Å²) in [5.74, 6) is 1.42. The van der Waals surface area contributed by atoms with Crippen LogP contribution in [0.3, 0.4) is 0 Å². The molecule has 34 heavy (non-hydrogen) atoms. The van der Waals surface area contributed by atoms with Crippen LogP contribution in [-0.2, 0) is 9.59 Å². The van der Waals surface area contributed by atoms with E-state index in [1.807, 2.05) is 24.3 Å². The van der Waals surface area contributed by atoms with Crippen LogP contribution >= 0.6 is 0 Å². The Kier molecular flexibility index (Phi) is 6.72. The summed E-state index contributed by atoms with van der Waals surface area (Å²) in [7, 11) is 4.65. The molecular weight excluding hydrogens is 436 g/mol. The van der Waals surface area contributed by atoms with Crippen molar-refractivity contribution in [3.8, 4) is 17.2 Å². The summed E-state index contributed by atoms with van der Waals surface area (Å²) in [4.78, 5) is 36.5. The number of fused-ring (bicyclic) bond motifs is 1. The van der Waals surface area contributed by atoms with Crippen LogP contribution in [0, 0.1) is 0 Å². The number of pyridine rings is 1. The molecule has 174 valence electrons. The van der Waals surface area contributed by atoms with Crippen LogP contribution in [0.15, 0.2) is 65.8 Å². The Hall–Kier alpha value is -4.40. The fraction of sp³-hybridized carbons (Fsp3) is 0.200. The Morgan fingerprint density at radius 1 is 0.971 bits per heavy atom. The Labute approximate surface area is 197 Å². The maximum atomic E-state index is 13.2. The summed E-state index contributed by atoms with van der Waals surface area (Å²) >= 11 is 0. The number of methoxy groups -OCH3 is 3. The minimum atomic E-state index is -0.395. The first kappa shape index (κ1) is 22.8. The second-order valence-corrected chi connectivity index (χ2v) is 7.44. The normalized spacial score (nSPS) is 12.9. The predicted octanol–water partition coefficient (Wildman–Crippen LogP) is 3.60. The number of carbonyl (C=O) groups is 2. The topological polar surface area (TPSA) is 102 Å². The number of anilines is 2. The Morgan fingerprint density at radius 2 is 1.65 bits per heavy atom. The minimum absolute atomic E-state index is 0.0168. The van der Waals surface area contributed by atoms with Crippen molar-refractivity contribution in [2.24, 2.45) is 4.99 Å². The maximum Gasteiger partial charge on any atom is 0.244 e. The number of hydrogen-bond acceptors (Lipinski definition) is 7. The second kappa shape index (κ2) is 10.0. The number of aliphatic imine (C=N–C) groups is 1. The van der Waals surface area contributed by atoms with Crippen molar-refractivity contribution in [2.75, 3.05) is 38.1 Å². The zero-order valence-corrected chi connectivity index (χ0v) is 19.1. The van der Waals surface area contributed by atoms with E-state index < -0.39 is 5.91 Å². The zero-order valence-electron chi connectivity index (χ0n) is 19.1. The van der Waals surface area contributed by atoms with Gasteiger partial charge in [-0.25, -0.2) is 9.98 Å². The largest absolute Gasteiger partial charge is 0.497 e. The molecule has 1 aromatic heterocycles. The van der Waals surface area contributed by atoms with Crippen molar-refractivity contribution in [3.63, 3.8) is 0 Å². The van der Waals surface area contributed by atoms with Crippen LogP contribution in [0.2, 0.25) is 0 Å². The van der Waals surface area contributed by atoms with Gasteiger partial charge in [-0.2, -0.15) is 0 Å². The Morgan fingerprint density at radius 3 is 2.29 bits per heavy atom. The van der Waals surface area contributed by atoms with Crippen LogP contribution in [-0.4, -0.2) is 50.4 Å². The standard InChI is InChI=1S/C25H24N4O5/c1-32-18-8-6-16(7-9-18)22-14-24(31)29(25-21(28-22)5-4-10-26-25)15-23(30)27-17-11-19(33-2)13-20(12-17)34-3/h4-13H,14-15H2,1-3H3,(H,27,30). The van der Waals surface area contributed by atoms with E-state index in [4.69, 9.17) is 14.2 Å². The van der Waals surface area contributed by atoms with Crippen LogP contribution in [0.1, 0.15) is 12.0 Å². The molecule has 4 rings (SSSR count). The fourth-order valence-corrected chi connectivity index (χ4v) is 3.56. The highest BCUT2D eigenvalue weighted by molar-refractivity contribution is 6.18. The van der Waals surface area contributed by atoms with Gasteiger partial charge in [-0.3, -0.25) is 14.5 Å². The molecule has 1 aliphatic rings. The lowest BCUT2D eigenvalue weighted by atomic mass is 10.1. The molecule has 0 bridgehead atoms. The van der Waals surface area contributed by atoms with E-state index in [1.54, 1.807) is 43.6 Å². The molecule has 0 radical (unpaired) electrons. The number of carbonyl (C=O) groups excluding carboxylic acids is 2. The van der Waals surface area contributed by atoms with Crippen LogP contribution in [0.25, 0.3) is 0 Å². The van der Waals surface area contributed by atoms with Crippen molar-refractivity contribution in [2.45, 2.75) is 6.42 Å². The number of amides is 2. The number of benzene rings is 2. The third kappa shape index (κ3) is 4.98. The average molecular weight is 460 g/mol. The first-order chi connectivity index (χ1) is 16.5. The number of hydrogen-bond donors (Lipinski definition) is 1. The summed E-state index contributed by atoms with van der Waals surface area (Å²) in [5.41, 5.74) is 2.37. The number of nitrogens with one attached hydrogen (secondary N) is 1. The fourth-order valence-electron chi connectivity index (χ4n) is 3.56. The Bertz CT molecular complexity index is 1220. The van der Waals surface area contributed by atoms with E-state index >= 15 is 0 Å². The molecule has 0 spiro atoms. The highest BCUT2D eigenvalue weighted by Crippen LogP contribution is 2.31.